The average Bonchev–Trinajstić information content (AvgIpc) is 3.03. The first-order chi connectivity index (χ1) is 12.0. The molecule has 0 saturated heterocycles. The molecule has 128 valence electrons. The lowest BCUT2D eigenvalue weighted by Crippen LogP contribution is -2.25. The molecule has 0 bridgehead atoms. The quantitative estimate of drug-likeness (QED) is 0.756. The molecule has 0 unspecified atom stereocenters. The second-order valence-electron chi connectivity index (χ2n) is 6.22. The Balaban J connectivity index is 1.61. The van der Waals surface area contributed by atoms with E-state index in [-0.39, 0.29) is 5.91 Å². The Hall–Kier alpha value is -2.53. The molecule has 0 fully saturated rings. The molecule has 1 N–H and O–H groups in total. The molecule has 0 atom stereocenters. The van der Waals surface area contributed by atoms with Gasteiger partial charge in [0.15, 0.2) is 0 Å². The van der Waals surface area contributed by atoms with Gasteiger partial charge in [0, 0.05) is 29.9 Å². The van der Waals surface area contributed by atoms with Gasteiger partial charge in [-0.05, 0) is 49.6 Å². The number of hydrogen-bond donors (Lipinski definition) is 1. The largest absolute Gasteiger partial charge is 0.352 e. The Kier molecular flexibility index (Phi) is 5.24. The van der Waals surface area contributed by atoms with Crippen LogP contribution < -0.4 is 5.32 Å². The zero-order valence-electron chi connectivity index (χ0n) is 14.7. The topological polar surface area (TPSA) is 54.9 Å². The fourth-order valence-electron chi connectivity index (χ4n) is 2.91. The van der Waals surface area contributed by atoms with Crippen molar-refractivity contribution in [2.24, 2.45) is 0 Å². The van der Waals surface area contributed by atoms with Crippen molar-refractivity contribution >= 4 is 17.2 Å². The number of thiazole rings is 1. The minimum absolute atomic E-state index is 0.0117. The van der Waals surface area contributed by atoms with Gasteiger partial charge < -0.3 is 5.32 Å². The molecular weight excluding hydrogens is 330 g/mol. The Bertz CT molecular complexity index is 864. The van der Waals surface area contributed by atoms with Crippen LogP contribution >= 0.6 is 11.3 Å². The lowest BCUT2D eigenvalue weighted by Gasteiger charge is -2.12. The van der Waals surface area contributed by atoms with Crippen LogP contribution in [0.5, 0.6) is 0 Å². The highest BCUT2D eigenvalue weighted by atomic mass is 32.1. The lowest BCUT2D eigenvalue weighted by atomic mass is 10.00. The predicted octanol–water partition coefficient (Wildman–Crippen LogP) is 3.99. The third kappa shape index (κ3) is 4.31. The number of hydrogen-bond acceptors (Lipinski definition) is 4. The summed E-state index contributed by atoms with van der Waals surface area (Å²) in [6.45, 7) is 6.81. The van der Waals surface area contributed by atoms with E-state index in [4.69, 9.17) is 0 Å². The maximum absolute atomic E-state index is 12.3. The van der Waals surface area contributed by atoms with E-state index in [9.17, 15) is 4.79 Å². The fourth-order valence-corrected chi connectivity index (χ4v) is 3.72. The van der Waals surface area contributed by atoms with Crippen molar-refractivity contribution < 1.29 is 4.79 Å². The standard InChI is InChI=1S/C20H21N3OS/c1-13-7-14(2)18(15(3)8-13)11-22-19(24)9-17-12-25-20(23-17)16-5-4-6-21-10-16/h4-8,10,12H,9,11H2,1-3H3,(H,22,24). The van der Waals surface area contributed by atoms with E-state index in [1.54, 1.807) is 12.4 Å². The van der Waals surface area contributed by atoms with E-state index >= 15 is 0 Å². The van der Waals surface area contributed by atoms with Gasteiger partial charge >= 0.3 is 0 Å². The van der Waals surface area contributed by atoms with Crippen molar-refractivity contribution in [3.63, 3.8) is 0 Å². The first-order valence-electron chi connectivity index (χ1n) is 8.21. The van der Waals surface area contributed by atoms with Crippen LogP contribution in [0.2, 0.25) is 0 Å². The summed E-state index contributed by atoms with van der Waals surface area (Å²) in [5, 5.41) is 5.84. The minimum atomic E-state index is -0.0117. The Labute approximate surface area is 152 Å². The third-order valence-electron chi connectivity index (χ3n) is 4.10. The van der Waals surface area contributed by atoms with Gasteiger partial charge in [-0.2, -0.15) is 0 Å². The van der Waals surface area contributed by atoms with E-state index < -0.39 is 0 Å². The summed E-state index contributed by atoms with van der Waals surface area (Å²) in [6, 6.07) is 8.15. The molecule has 0 spiro atoms. The number of amides is 1. The Morgan fingerprint density at radius 3 is 2.64 bits per heavy atom. The number of carbonyl (C=O) groups is 1. The molecule has 4 nitrogen and oxygen atoms in total. The van der Waals surface area contributed by atoms with Crippen molar-refractivity contribution in [1.82, 2.24) is 15.3 Å². The first kappa shape index (κ1) is 17.3. The summed E-state index contributed by atoms with van der Waals surface area (Å²) in [5.74, 6) is -0.0117. The maximum Gasteiger partial charge on any atom is 0.226 e. The molecular formula is C20H21N3OS. The van der Waals surface area contributed by atoms with Crippen molar-refractivity contribution in [3.05, 3.63) is 70.0 Å². The summed E-state index contributed by atoms with van der Waals surface area (Å²) in [4.78, 5) is 20.9. The number of benzene rings is 1. The summed E-state index contributed by atoms with van der Waals surface area (Å²) in [7, 11) is 0. The highest BCUT2D eigenvalue weighted by Crippen LogP contribution is 2.23. The highest BCUT2D eigenvalue weighted by molar-refractivity contribution is 7.13. The number of carbonyl (C=O) groups excluding carboxylic acids is 1. The molecule has 3 rings (SSSR count). The van der Waals surface area contributed by atoms with Gasteiger partial charge in [0.05, 0.1) is 12.1 Å². The molecule has 5 heteroatoms. The molecule has 0 saturated carbocycles. The van der Waals surface area contributed by atoms with Crippen LogP contribution in [-0.4, -0.2) is 15.9 Å². The summed E-state index contributed by atoms with van der Waals surface area (Å²) in [5.41, 5.74) is 6.63. The van der Waals surface area contributed by atoms with E-state index in [0.29, 0.717) is 13.0 Å². The Morgan fingerprint density at radius 1 is 1.20 bits per heavy atom. The summed E-state index contributed by atoms with van der Waals surface area (Å²) < 4.78 is 0. The maximum atomic E-state index is 12.3. The molecule has 0 aliphatic carbocycles. The van der Waals surface area contributed by atoms with Gasteiger partial charge in [-0.15, -0.1) is 11.3 Å². The van der Waals surface area contributed by atoms with Crippen LogP contribution in [0.25, 0.3) is 10.6 Å². The van der Waals surface area contributed by atoms with Gasteiger partial charge in [0.25, 0.3) is 0 Å². The summed E-state index contributed by atoms with van der Waals surface area (Å²) >= 11 is 1.53. The third-order valence-corrected chi connectivity index (χ3v) is 5.04. The highest BCUT2D eigenvalue weighted by Gasteiger charge is 2.10. The molecule has 2 heterocycles. The van der Waals surface area contributed by atoms with E-state index in [2.05, 4.69) is 48.2 Å². The molecule has 3 aromatic rings. The number of aryl methyl sites for hydroxylation is 3. The molecule has 0 aliphatic rings. The minimum Gasteiger partial charge on any atom is -0.352 e. The normalized spacial score (nSPS) is 10.7. The fraction of sp³-hybridized carbons (Fsp3) is 0.250. The van der Waals surface area contributed by atoms with Gasteiger partial charge in [-0.25, -0.2) is 4.98 Å². The molecule has 0 radical (unpaired) electrons. The van der Waals surface area contributed by atoms with E-state index in [1.807, 2.05) is 17.5 Å². The SMILES string of the molecule is Cc1cc(C)c(CNC(=O)Cc2csc(-c3cccnc3)n2)c(C)c1. The second-order valence-corrected chi connectivity index (χ2v) is 7.07. The van der Waals surface area contributed by atoms with Gasteiger partial charge in [-0.3, -0.25) is 9.78 Å². The molecule has 1 aromatic carbocycles. The van der Waals surface area contributed by atoms with Crippen LogP contribution in [0, 0.1) is 20.8 Å². The van der Waals surface area contributed by atoms with E-state index in [1.165, 1.54) is 33.6 Å². The Morgan fingerprint density at radius 2 is 1.96 bits per heavy atom. The van der Waals surface area contributed by atoms with Gasteiger partial charge in [0.2, 0.25) is 5.91 Å². The van der Waals surface area contributed by atoms with E-state index in [0.717, 1.165) is 16.3 Å². The van der Waals surface area contributed by atoms with Gasteiger partial charge in [-0.1, -0.05) is 17.7 Å². The second kappa shape index (κ2) is 7.57. The molecule has 25 heavy (non-hydrogen) atoms. The van der Waals surface area contributed by atoms with Crippen molar-refractivity contribution in [2.75, 3.05) is 0 Å². The first-order valence-corrected chi connectivity index (χ1v) is 9.09. The van der Waals surface area contributed by atoms with Crippen molar-refractivity contribution in [1.29, 1.82) is 0 Å². The monoisotopic (exact) mass is 351 g/mol. The van der Waals surface area contributed by atoms with Crippen LogP contribution in [0.1, 0.15) is 27.9 Å². The van der Waals surface area contributed by atoms with Crippen molar-refractivity contribution in [2.45, 2.75) is 33.7 Å². The molecule has 1 amide bonds. The van der Waals surface area contributed by atoms with Crippen LogP contribution in [0.3, 0.4) is 0 Å². The number of nitrogens with one attached hydrogen (secondary N) is 1. The van der Waals surface area contributed by atoms with Crippen LogP contribution in [0.4, 0.5) is 0 Å². The zero-order valence-corrected chi connectivity index (χ0v) is 15.5. The number of nitrogens with zero attached hydrogens (tertiary/aromatic N) is 2. The van der Waals surface area contributed by atoms with Crippen molar-refractivity contribution in [3.8, 4) is 10.6 Å². The molecule has 0 aliphatic heterocycles. The van der Waals surface area contributed by atoms with Crippen LogP contribution in [0.15, 0.2) is 42.0 Å². The van der Waals surface area contributed by atoms with Gasteiger partial charge in [0.1, 0.15) is 5.01 Å². The zero-order chi connectivity index (χ0) is 17.8. The number of aromatic nitrogens is 2. The predicted molar refractivity (Wildman–Crippen MR) is 102 cm³/mol. The lowest BCUT2D eigenvalue weighted by molar-refractivity contribution is -0.120. The molecule has 2 aromatic heterocycles. The summed E-state index contributed by atoms with van der Waals surface area (Å²) in [6.07, 6.45) is 3.81. The smallest absolute Gasteiger partial charge is 0.226 e. The van der Waals surface area contributed by atoms with Crippen LogP contribution in [-0.2, 0) is 17.8 Å². The number of pyridine rings is 1. The number of rotatable bonds is 5. The average molecular weight is 351 g/mol.